The van der Waals surface area contributed by atoms with Crippen molar-refractivity contribution in [3.63, 3.8) is 0 Å². The molecule has 0 saturated heterocycles. The van der Waals surface area contributed by atoms with Crippen molar-refractivity contribution in [2.45, 2.75) is 17.9 Å². The van der Waals surface area contributed by atoms with Crippen molar-refractivity contribution < 1.29 is 22.7 Å². The van der Waals surface area contributed by atoms with Crippen LogP contribution in [0.5, 0.6) is 5.75 Å². The second-order valence-corrected chi connectivity index (χ2v) is 6.99. The number of rotatable bonds is 9. The number of benzene rings is 1. The van der Waals surface area contributed by atoms with Gasteiger partial charge in [0.2, 0.25) is 5.91 Å². The minimum atomic E-state index is -4.46. The maximum absolute atomic E-state index is 13.0. The van der Waals surface area contributed by atoms with Crippen molar-refractivity contribution in [3.8, 4) is 17.1 Å². The van der Waals surface area contributed by atoms with E-state index in [0.29, 0.717) is 11.3 Å². The molecular weight excluding hydrogens is 419 g/mol. The number of carbonyl (C=O) groups excluding carboxylic acids is 1. The first-order valence-corrected chi connectivity index (χ1v) is 9.88. The molecule has 2 heterocycles. The lowest BCUT2D eigenvalue weighted by Crippen LogP contribution is -2.29. The van der Waals surface area contributed by atoms with E-state index in [1.165, 1.54) is 12.4 Å². The van der Waals surface area contributed by atoms with Crippen molar-refractivity contribution in [1.82, 2.24) is 25.1 Å². The molecule has 0 bridgehead atoms. The van der Waals surface area contributed by atoms with Gasteiger partial charge >= 0.3 is 6.18 Å². The van der Waals surface area contributed by atoms with Gasteiger partial charge in [-0.05, 0) is 24.3 Å². The number of alkyl halides is 3. The quantitative estimate of drug-likeness (QED) is 0.409. The number of amides is 1. The van der Waals surface area contributed by atoms with Crippen molar-refractivity contribution >= 4 is 17.7 Å². The number of carbonyl (C=O) groups is 1. The number of thioether (sulfide) groups is 1. The number of ether oxygens (including phenoxy) is 1. The van der Waals surface area contributed by atoms with Gasteiger partial charge < -0.3 is 10.1 Å². The van der Waals surface area contributed by atoms with E-state index in [1.807, 2.05) is 18.2 Å². The zero-order valence-corrected chi connectivity index (χ0v) is 16.5. The average Bonchev–Trinajstić information content (AvgIpc) is 3.12. The Morgan fingerprint density at radius 3 is 2.53 bits per heavy atom. The molecule has 0 radical (unpaired) electrons. The summed E-state index contributed by atoms with van der Waals surface area (Å²) in [6, 6.07) is 12.2. The van der Waals surface area contributed by atoms with Crippen LogP contribution in [0.25, 0.3) is 11.4 Å². The van der Waals surface area contributed by atoms with E-state index in [0.717, 1.165) is 16.3 Å². The van der Waals surface area contributed by atoms with Gasteiger partial charge in [-0.1, -0.05) is 30.0 Å². The lowest BCUT2D eigenvalue weighted by molar-refractivity contribution is -0.141. The van der Waals surface area contributed by atoms with E-state index in [2.05, 4.69) is 20.5 Å². The van der Waals surface area contributed by atoms with Crippen molar-refractivity contribution in [3.05, 3.63) is 54.9 Å². The van der Waals surface area contributed by atoms with Gasteiger partial charge in [-0.2, -0.15) is 13.2 Å². The van der Waals surface area contributed by atoms with Gasteiger partial charge in [0.15, 0.2) is 11.0 Å². The van der Waals surface area contributed by atoms with Crippen LogP contribution in [-0.4, -0.2) is 50.7 Å². The molecule has 30 heavy (non-hydrogen) atoms. The number of nitrogens with zero attached hydrogens (tertiary/aromatic N) is 4. The molecule has 0 aliphatic carbocycles. The first kappa shape index (κ1) is 21.6. The molecule has 3 aromatic rings. The lowest BCUT2D eigenvalue weighted by atomic mass is 10.2. The number of halogens is 3. The molecule has 1 amide bonds. The minimum Gasteiger partial charge on any atom is -0.492 e. The Morgan fingerprint density at radius 2 is 1.83 bits per heavy atom. The third kappa shape index (κ3) is 6.48. The summed E-state index contributed by atoms with van der Waals surface area (Å²) in [7, 11) is 0. The molecule has 0 saturated carbocycles. The molecule has 0 unspecified atom stereocenters. The SMILES string of the molecule is O=C(CSc1nnc(-c2ccncc2)n1CC(F)(F)F)NCCOc1ccccc1. The van der Waals surface area contributed by atoms with Gasteiger partial charge in [-0.15, -0.1) is 10.2 Å². The second-order valence-electron chi connectivity index (χ2n) is 6.04. The maximum Gasteiger partial charge on any atom is 0.406 e. The number of aromatic nitrogens is 4. The maximum atomic E-state index is 13.0. The summed E-state index contributed by atoms with van der Waals surface area (Å²) in [4.78, 5) is 15.9. The van der Waals surface area contributed by atoms with Crippen LogP contribution in [0.3, 0.4) is 0 Å². The van der Waals surface area contributed by atoms with Crippen LogP contribution in [0.2, 0.25) is 0 Å². The third-order valence-electron chi connectivity index (χ3n) is 3.76. The zero-order valence-electron chi connectivity index (χ0n) is 15.7. The molecule has 158 valence electrons. The van der Waals surface area contributed by atoms with Crippen molar-refractivity contribution in [1.29, 1.82) is 0 Å². The Balaban J connectivity index is 1.56. The smallest absolute Gasteiger partial charge is 0.406 e. The van der Waals surface area contributed by atoms with Gasteiger partial charge in [0.25, 0.3) is 0 Å². The number of hydrogen-bond acceptors (Lipinski definition) is 6. The fraction of sp³-hybridized carbons (Fsp3) is 0.263. The van der Waals surface area contributed by atoms with Gasteiger partial charge in [-0.25, -0.2) is 0 Å². The van der Waals surface area contributed by atoms with Crippen LogP contribution >= 0.6 is 11.8 Å². The number of para-hydroxylation sites is 1. The van der Waals surface area contributed by atoms with Gasteiger partial charge in [-0.3, -0.25) is 14.3 Å². The normalized spacial score (nSPS) is 11.3. The molecule has 7 nitrogen and oxygen atoms in total. The lowest BCUT2D eigenvalue weighted by Gasteiger charge is -2.12. The van der Waals surface area contributed by atoms with Crippen LogP contribution < -0.4 is 10.1 Å². The molecular formula is C19H18F3N5O2S. The predicted molar refractivity (Wildman–Crippen MR) is 105 cm³/mol. The fourth-order valence-corrected chi connectivity index (χ4v) is 3.26. The van der Waals surface area contributed by atoms with E-state index in [9.17, 15) is 18.0 Å². The summed E-state index contributed by atoms with van der Waals surface area (Å²) in [5.74, 6) is 0.306. The Hall–Kier alpha value is -3.08. The Kier molecular flexibility index (Phi) is 7.28. The highest BCUT2D eigenvalue weighted by Crippen LogP contribution is 2.28. The van der Waals surface area contributed by atoms with Crippen LogP contribution in [-0.2, 0) is 11.3 Å². The first-order valence-electron chi connectivity index (χ1n) is 8.90. The van der Waals surface area contributed by atoms with E-state index < -0.39 is 12.7 Å². The molecule has 0 aliphatic heterocycles. The molecule has 1 N–H and O–H groups in total. The minimum absolute atomic E-state index is 0.00910. The highest BCUT2D eigenvalue weighted by molar-refractivity contribution is 7.99. The molecule has 3 rings (SSSR count). The summed E-state index contributed by atoms with van der Waals surface area (Å²) < 4.78 is 45.6. The monoisotopic (exact) mass is 437 g/mol. The van der Waals surface area contributed by atoms with E-state index in [4.69, 9.17) is 4.74 Å². The van der Waals surface area contributed by atoms with Crippen LogP contribution in [0.4, 0.5) is 13.2 Å². The first-order chi connectivity index (χ1) is 14.4. The summed E-state index contributed by atoms with van der Waals surface area (Å²) in [5.41, 5.74) is 0.455. The second kappa shape index (κ2) is 10.1. The highest BCUT2D eigenvalue weighted by Gasteiger charge is 2.31. The Morgan fingerprint density at radius 1 is 1.10 bits per heavy atom. The van der Waals surface area contributed by atoms with Crippen LogP contribution in [0, 0.1) is 0 Å². The van der Waals surface area contributed by atoms with Crippen molar-refractivity contribution in [2.24, 2.45) is 0 Å². The van der Waals surface area contributed by atoms with Gasteiger partial charge in [0, 0.05) is 18.0 Å². The summed E-state index contributed by atoms with van der Waals surface area (Å²) in [6.45, 7) is -0.713. The topological polar surface area (TPSA) is 81.9 Å². The molecule has 11 heteroatoms. The Labute approximate surface area is 174 Å². The third-order valence-corrected chi connectivity index (χ3v) is 4.73. The fourth-order valence-electron chi connectivity index (χ4n) is 2.49. The molecule has 1 aromatic carbocycles. The molecule has 0 fully saturated rings. The molecule has 0 aliphatic rings. The van der Waals surface area contributed by atoms with Gasteiger partial charge in [0.1, 0.15) is 18.9 Å². The number of pyridine rings is 1. The zero-order chi connectivity index (χ0) is 21.4. The predicted octanol–water partition coefficient (Wildman–Crippen LogP) is 3.19. The highest BCUT2D eigenvalue weighted by atomic mass is 32.2. The standard InChI is InChI=1S/C19H18F3N5O2S/c20-19(21,22)13-27-17(14-6-8-23-9-7-14)25-26-18(27)30-12-16(28)24-10-11-29-15-4-2-1-3-5-15/h1-9H,10-13H2,(H,24,28). The van der Waals surface area contributed by atoms with Crippen LogP contribution in [0.15, 0.2) is 60.0 Å². The molecule has 2 aromatic heterocycles. The van der Waals surface area contributed by atoms with Gasteiger partial charge in [0.05, 0.1) is 12.3 Å². The molecule has 0 spiro atoms. The Bertz CT molecular complexity index is 952. The van der Waals surface area contributed by atoms with E-state index >= 15 is 0 Å². The average molecular weight is 437 g/mol. The van der Waals surface area contributed by atoms with Crippen LogP contribution in [0.1, 0.15) is 0 Å². The number of nitrogens with one attached hydrogen (secondary N) is 1. The largest absolute Gasteiger partial charge is 0.492 e. The summed E-state index contributed by atoms with van der Waals surface area (Å²) in [5, 5.41) is 10.4. The van der Waals surface area contributed by atoms with Crippen molar-refractivity contribution in [2.75, 3.05) is 18.9 Å². The van der Waals surface area contributed by atoms with E-state index in [-0.39, 0.29) is 35.8 Å². The molecule has 0 atom stereocenters. The number of hydrogen-bond donors (Lipinski definition) is 1. The summed E-state index contributed by atoms with van der Waals surface area (Å²) >= 11 is 0.887. The summed E-state index contributed by atoms with van der Waals surface area (Å²) in [6.07, 6.45) is -1.55. The van der Waals surface area contributed by atoms with E-state index in [1.54, 1.807) is 24.3 Å².